The Balaban J connectivity index is 1.31. The van der Waals surface area contributed by atoms with Crippen LogP contribution in [0.15, 0.2) is 48.5 Å². The Morgan fingerprint density at radius 2 is 1.83 bits per heavy atom. The molecule has 7 nitrogen and oxygen atoms in total. The van der Waals surface area contributed by atoms with E-state index in [4.69, 9.17) is 4.74 Å². The zero-order chi connectivity index (χ0) is 21.1. The maximum Gasteiger partial charge on any atom is 0.325 e. The van der Waals surface area contributed by atoms with Gasteiger partial charge in [0.1, 0.15) is 11.8 Å². The molecule has 0 bridgehead atoms. The first-order valence-corrected chi connectivity index (χ1v) is 10.1. The van der Waals surface area contributed by atoms with Crippen LogP contribution in [0.3, 0.4) is 0 Å². The number of methoxy groups -OCH3 is 1. The number of nitrogens with zero attached hydrogens (tertiary/aromatic N) is 2. The molecule has 2 aliphatic heterocycles. The first-order chi connectivity index (χ1) is 14.5. The van der Waals surface area contributed by atoms with Crippen LogP contribution >= 0.6 is 0 Å². The largest absolute Gasteiger partial charge is 0.497 e. The van der Waals surface area contributed by atoms with Crippen molar-refractivity contribution in [1.82, 2.24) is 15.1 Å². The van der Waals surface area contributed by atoms with Crippen molar-refractivity contribution in [2.45, 2.75) is 38.4 Å². The normalized spacial score (nSPS) is 18.2. The van der Waals surface area contributed by atoms with Gasteiger partial charge in [-0.15, -0.1) is 0 Å². The van der Waals surface area contributed by atoms with Crippen molar-refractivity contribution in [2.75, 3.05) is 13.7 Å². The second-order valence-corrected chi connectivity index (χ2v) is 7.65. The van der Waals surface area contributed by atoms with Crippen LogP contribution in [0.4, 0.5) is 4.79 Å². The molecule has 1 N–H and O–H groups in total. The van der Waals surface area contributed by atoms with Crippen LogP contribution in [0.1, 0.15) is 29.5 Å². The molecule has 2 aromatic carbocycles. The maximum absolute atomic E-state index is 12.7. The molecule has 0 aliphatic carbocycles. The monoisotopic (exact) mass is 407 g/mol. The number of rotatable bonds is 6. The van der Waals surface area contributed by atoms with Crippen molar-refractivity contribution in [1.29, 1.82) is 0 Å². The van der Waals surface area contributed by atoms with Gasteiger partial charge in [0.25, 0.3) is 5.91 Å². The highest BCUT2D eigenvalue weighted by molar-refractivity contribution is 6.04. The third kappa shape index (κ3) is 4.15. The quantitative estimate of drug-likeness (QED) is 0.747. The number of nitrogens with one attached hydrogen (secondary N) is 1. The van der Waals surface area contributed by atoms with Gasteiger partial charge in [-0.2, -0.15) is 0 Å². The van der Waals surface area contributed by atoms with Crippen LogP contribution in [0.2, 0.25) is 0 Å². The number of carbonyl (C=O) groups is 3. The summed E-state index contributed by atoms with van der Waals surface area (Å²) in [7, 11) is 1.58. The van der Waals surface area contributed by atoms with Crippen molar-refractivity contribution < 1.29 is 19.1 Å². The summed E-state index contributed by atoms with van der Waals surface area (Å²) in [6, 6.07) is 14.3. The van der Waals surface area contributed by atoms with Gasteiger partial charge in [-0.25, -0.2) is 4.79 Å². The highest BCUT2D eigenvalue weighted by atomic mass is 16.5. The second-order valence-electron chi connectivity index (χ2n) is 7.65. The summed E-state index contributed by atoms with van der Waals surface area (Å²) in [6.07, 6.45) is 1.38. The lowest BCUT2D eigenvalue weighted by Crippen LogP contribution is -2.37. The van der Waals surface area contributed by atoms with E-state index in [2.05, 4.69) is 11.4 Å². The highest BCUT2D eigenvalue weighted by Gasteiger charge is 2.38. The number of hydrogen-bond donors (Lipinski definition) is 1. The number of amides is 4. The van der Waals surface area contributed by atoms with Crippen molar-refractivity contribution >= 4 is 17.8 Å². The van der Waals surface area contributed by atoms with Gasteiger partial charge in [-0.05, 0) is 41.7 Å². The molecule has 2 aromatic rings. The molecule has 0 aromatic heterocycles. The predicted molar refractivity (Wildman–Crippen MR) is 111 cm³/mol. The molecule has 1 fully saturated rings. The number of benzene rings is 2. The van der Waals surface area contributed by atoms with E-state index in [9.17, 15) is 14.4 Å². The molecule has 156 valence electrons. The fourth-order valence-electron chi connectivity index (χ4n) is 3.97. The molecule has 1 unspecified atom stereocenters. The minimum Gasteiger partial charge on any atom is -0.497 e. The van der Waals surface area contributed by atoms with Gasteiger partial charge >= 0.3 is 6.03 Å². The van der Waals surface area contributed by atoms with Crippen LogP contribution in [-0.2, 0) is 29.1 Å². The van der Waals surface area contributed by atoms with E-state index in [0.717, 1.165) is 12.0 Å². The minimum atomic E-state index is -0.656. The van der Waals surface area contributed by atoms with Crippen molar-refractivity contribution in [3.05, 3.63) is 65.2 Å². The minimum absolute atomic E-state index is 0.0140. The Kier molecular flexibility index (Phi) is 5.70. The number of carbonyl (C=O) groups excluding carboxylic acids is 3. The third-order valence-electron chi connectivity index (χ3n) is 5.74. The number of imide groups is 1. The lowest BCUT2D eigenvalue weighted by atomic mass is 9.99. The average molecular weight is 407 g/mol. The fraction of sp³-hybridized carbons (Fsp3) is 0.348. The van der Waals surface area contributed by atoms with Crippen molar-refractivity contribution in [3.8, 4) is 5.75 Å². The molecule has 1 atom stereocenters. The standard InChI is InChI=1S/C23H25N3O4/c1-30-19-8-6-16(7-9-19)14-26-22(28)20(24-23(26)29)10-11-21(27)25-13-12-17-4-2-3-5-18(17)15-25/h2-9,20H,10-15H2,1H3,(H,24,29). The summed E-state index contributed by atoms with van der Waals surface area (Å²) in [6.45, 7) is 1.48. The molecule has 0 saturated carbocycles. The Morgan fingerprint density at radius 3 is 2.57 bits per heavy atom. The summed E-state index contributed by atoms with van der Waals surface area (Å²) >= 11 is 0. The molecule has 30 heavy (non-hydrogen) atoms. The lowest BCUT2D eigenvalue weighted by molar-refractivity contribution is -0.132. The summed E-state index contributed by atoms with van der Waals surface area (Å²) in [5, 5.41) is 2.71. The Hall–Kier alpha value is -3.35. The molecule has 0 spiro atoms. The van der Waals surface area contributed by atoms with Gasteiger partial charge in [0.2, 0.25) is 5.91 Å². The zero-order valence-electron chi connectivity index (χ0n) is 17.0. The average Bonchev–Trinajstić information content (AvgIpc) is 3.05. The second kappa shape index (κ2) is 8.57. The molecule has 4 amide bonds. The molecule has 7 heteroatoms. The van der Waals surface area contributed by atoms with Crippen LogP contribution in [0.25, 0.3) is 0 Å². The lowest BCUT2D eigenvalue weighted by Gasteiger charge is -2.29. The van der Waals surface area contributed by atoms with Crippen LogP contribution in [-0.4, -0.2) is 47.3 Å². The molecule has 1 saturated heterocycles. The van der Waals surface area contributed by atoms with E-state index < -0.39 is 12.1 Å². The van der Waals surface area contributed by atoms with Gasteiger partial charge in [-0.3, -0.25) is 14.5 Å². The van der Waals surface area contributed by atoms with Crippen LogP contribution in [0, 0.1) is 0 Å². The van der Waals surface area contributed by atoms with Crippen LogP contribution < -0.4 is 10.1 Å². The highest BCUT2D eigenvalue weighted by Crippen LogP contribution is 2.21. The van der Waals surface area contributed by atoms with E-state index in [1.807, 2.05) is 35.2 Å². The van der Waals surface area contributed by atoms with Gasteiger partial charge in [0.15, 0.2) is 0 Å². The zero-order valence-corrected chi connectivity index (χ0v) is 17.0. The first kappa shape index (κ1) is 19.9. The van der Waals surface area contributed by atoms with E-state index >= 15 is 0 Å². The molecule has 4 rings (SSSR count). The summed E-state index contributed by atoms with van der Waals surface area (Å²) in [5.41, 5.74) is 3.30. The van der Waals surface area contributed by atoms with E-state index in [1.54, 1.807) is 19.2 Å². The fourth-order valence-corrected chi connectivity index (χ4v) is 3.97. The summed E-state index contributed by atoms with van der Waals surface area (Å²) in [4.78, 5) is 40.7. The van der Waals surface area contributed by atoms with E-state index in [0.29, 0.717) is 25.3 Å². The number of ether oxygens (including phenoxy) is 1. The van der Waals surface area contributed by atoms with Crippen molar-refractivity contribution in [2.24, 2.45) is 0 Å². The van der Waals surface area contributed by atoms with Gasteiger partial charge < -0.3 is 15.0 Å². The van der Waals surface area contributed by atoms with Gasteiger partial charge in [-0.1, -0.05) is 36.4 Å². The van der Waals surface area contributed by atoms with Gasteiger partial charge in [0.05, 0.1) is 13.7 Å². The summed E-state index contributed by atoms with van der Waals surface area (Å²) < 4.78 is 5.13. The molecule has 2 heterocycles. The predicted octanol–water partition coefficient (Wildman–Crippen LogP) is 2.48. The Labute approximate surface area is 175 Å². The number of hydrogen-bond acceptors (Lipinski definition) is 4. The van der Waals surface area contributed by atoms with Crippen LogP contribution in [0.5, 0.6) is 5.75 Å². The third-order valence-corrected chi connectivity index (χ3v) is 5.74. The Morgan fingerprint density at radius 1 is 1.10 bits per heavy atom. The molecule has 0 radical (unpaired) electrons. The van der Waals surface area contributed by atoms with Gasteiger partial charge in [0, 0.05) is 19.5 Å². The molecule has 2 aliphatic rings. The van der Waals surface area contributed by atoms with Crippen molar-refractivity contribution in [3.63, 3.8) is 0 Å². The van der Waals surface area contributed by atoms with E-state index in [-0.39, 0.29) is 24.8 Å². The maximum atomic E-state index is 12.7. The summed E-state index contributed by atoms with van der Waals surface area (Å²) in [5.74, 6) is 0.445. The molecular formula is C23H25N3O4. The SMILES string of the molecule is COc1ccc(CN2C(=O)NC(CCC(=O)N3CCc4ccccc4C3)C2=O)cc1. The smallest absolute Gasteiger partial charge is 0.325 e. The Bertz CT molecular complexity index is 957. The topological polar surface area (TPSA) is 79.0 Å². The number of fused-ring (bicyclic) bond motifs is 1. The number of urea groups is 1. The van der Waals surface area contributed by atoms with E-state index in [1.165, 1.54) is 16.0 Å². The first-order valence-electron chi connectivity index (χ1n) is 10.1. The molecular weight excluding hydrogens is 382 g/mol.